The monoisotopic (exact) mass is 897 g/mol. The normalized spacial score (nSPS) is 11.8. The molecule has 0 atom stereocenters. The zero-order valence-corrected chi connectivity index (χ0v) is 38.0. The van der Waals surface area contributed by atoms with Crippen molar-refractivity contribution >= 4 is 75.1 Å². The number of aromatic nitrogens is 5. The molecule has 0 fully saturated rings. The summed E-state index contributed by atoms with van der Waals surface area (Å²) in [6.45, 7) is 0. The van der Waals surface area contributed by atoms with E-state index in [4.69, 9.17) is 15.0 Å². The molecule has 0 saturated carbocycles. The van der Waals surface area contributed by atoms with E-state index in [1.807, 2.05) is 35.6 Å². The molecule has 322 valence electrons. The number of thiophene rings is 1. The third kappa shape index (κ3) is 6.41. The van der Waals surface area contributed by atoms with Crippen molar-refractivity contribution in [2.24, 2.45) is 0 Å². The van der Waals surface area contributed by atoms with Crippen molar-refractivity contribution in [3.8, 4) is 67.8 Å². The lowest BCUT2D eigenvalue weighted by atomic mass is 9.97. The highest BCUT2D eigenvalue weighted by atomic mass is 32.1. The Hall–Kier alpha value is -8.97. The molecule has 0 bridgehead atoms. The molecule has 10 aromatic carbocycles. The first-order valence-electron chi connectivity index (χ1n) is 23.3. The van der Waals surface area contributed by atoms with Crippen LogP contribution in [0.5, 0.6) is 0 Å². The number of nitrogens with zero attached hydrogens (tertiary/aromatic N) is 5. The molecule has 0 aliphatic carbocycles. The van der Waals surface area contributed by atoms with Gasteiger partial charge < -0.3 is 4.57 Å². The van der Waals surface area contributed by atoms with Gasteiger partial charge in [0.2, 0.25) is 5.95 Å². The van der Waals surface area contributed by atoms with E-state index >= 15 is 0 Å². The predicted molar refractivity (Wildman–Crippen MR) is 289 cm³/mol. The Morgan fingerprint density at radius 2 is 0.754 bits per heavy atom. The van der Waals surface area contributed by atoms with Gasteiger partial charge >= 0.3 is 0 Å². The van der Waals surface area contributed by atoms with Crippen LogP contribution in [0, 0.1) is 0 Å². The second-order valence-electron chi connectivity index (χ2n) is 17.6. The Morgan fingerprint density at radius 3 is 1.39 bits per heavy atom. The maximum absolute atomic E-state index is 5.47. The number of para-hydroxylation sites is 2. The largest absolute Gasteiger partial charge is 0.306 e. The van der Waals surface area contributed by atoms with E-state index in [2.05, 4.69) is 221 Å². The number of hydrogen-bond acceptors (Lipinski definition) is 4. The third-order valence-electron chi connectivity index (χ3n) is 13.6. The van der Waals surface area contributed by atoms with Crippen molar-refractivity contribution in [1.29, 1.82) is 0 Å². The van der Waals surface area contributed by atoms with Gasteiger partial charge in [-0.2, -0.15) is 9.97 Å². The summed E-state index contributed by atoms with van der Waals surface area (Å²) < 4.78 is 7.30. The first-order valence-corrected chi connectivity index (χ1v) is 24.1. The summed E-state index contributed by atoms with van der Waals surface area (Å²) in [6.07, 6.45) is 0. The molecule has 0 radical (unpaired) electrons. The summed E-state index contributed by atoms with van der Waals surface area (Å²) in [5.74, 6) is 1.77. The van der Waals surface area contributed by atoms with Crippen LogP contribution in [0.1, 0.15) is 0 Å². The van der Waals surface area contributed by atoms with Crippen LogP contribution in [0.15, 0.2) is 237 Å². The summed E-state index contributed by atoms with van der Waals surface area (Å²) in [6, 6.07) is 84.6. The van der Waals surface area contributed by atoms with E-state index in [1.54, 1.807) is 0 Å². The molecule has 0 unspecified atom stereocenters. The van der Waals surface area contributed by atoms with Crippen LogP contribution in [0.3, 0.4) is 0 Å². The number of hydrogen-bond donors (Lipinski definition) is 0. The SMILES string of the molecule is c1ccc(-c2cccc(-c3cc(-n4c5ccccc5c5ccc6c7ccccc7n(-c7nc(-c8ccccc8)nc(-c8cccc(-c9ccccc9)c8)n7)c6c54)c4sc5ccccc5c4c3)c2)cc1. The standard InChI is InChI=1S/C63H39N5S/c1-4-18-40(19-5-1)43-24-16-26-45(36-43)47-38-53-50-30-12-15-33-57(50)69-60(53)56(39-47)67-54-31-13-10-28-48(54)51-34-35-52-49-29-11-14-32-55(49)68(59(52)58(51)67)63-65-61(42-22-8-3-9-23-42)64-62(66-63)46-27-17-25-44(37-46)41-20-6-2-7-21-41/h1-39H. The van der Waals surface area contributed by atoms with Gasteiger partial charge in [-0.3, -0.25) is 4.57 Å². The lowest BCUT2D eigenvalue weighted by Gasteiger charge is -2.15. The molecule has 14 rings (SSSR count). The van der Waals surface area contributed by atoms with E-state index in [0.717, 1.165) is 77.3 Å². The Labute approximate surface area is 401 Å². The van der Waals surface area contributed by atoms with Gasteiger partial charge in [-0.25, -0.2) is 4.98 Å². The third-order valence-corrected chi connectivity index (χ3v) is 14.8. The minimum absolute atomic E-state index is 0.554. The number of benzene rings is 10. The molecule has 0 amide bonds. The van der Waals surface area contributed by atoms with Crippen LogP contribution in [-0.4, -0.2) is 24.1 Å². The smallest absolute Gasteiger partial charge is 0.238 e. The maximum Gasteiger partial charge on any atom is 0.238 e. The molecule has 69 heavy (non-hydrogen) atoms. The fraction of sp³-hybridized carbons (Fsp3) is 0. The van der Waals surface area contributed by atoms with Gasteiger partial charge in [-0.05, 0) is 75.8 Å². The minimum atomic E-state index is 0.554. The Bertz CT molecular complexity index is 4300. The molecule has 0 spiro atoms. The molecular formula is C63H39N5S. The minimum Gasteiger partial charge on any atom is -0.306 e. The Balaban J connectivity index is 1.10. The topological polar surface area (TPSA) is 48.5 Å². The predicted octanol–water partition coefficient (Wildman–Crippen LogP) is 16.8. The van der Waals surface area contributed by atoms with Gasteiger partial charge in [0.1, 0.15) is 0 Å². The molecule has 0 aliphatic heterocycles. The molecule has 6 heteroatoms. The average Bonchev–Trinajstić information content (AvgIpc) is 4.09. The van der Waals surface area contributed by atoms with Gasteiger partial charge in [-0.1, -0.05) is 194 Å². The highest BCUT2D eigenvalue weighted by molar-refractivity contribution is 7.26. The van der Waals surface area contributed by atoms with E-state index in [9.17, 15) is 0 Å². The van der Waals surface area contributed by atoms with E-state index in [1.165, 1.54) is 36.7 Å². The lowest BCUT2D eigenvalue weighted by Crippen LogP contribution is -2.07. The quantitative estimate of drug-likeness (QED) is 0.160. The molecule has 0 N–H and O–H groups in total. The van der Waals surface area contributed by atoms with E-state index < -0.39 is 0 Å². The maximum atomic E-state index is 5.47. The number of fused-ring (bicyclic) bond motifs is 10. The Morgan fingerprint density at radius 1 is 0.290 bits per heavy atom. The molecule has 4 aromatic heterocycles. The lowest BCUT2D eigenvalue weighted by molar-refractivity contribution is 0.953. The van der Waals surface area contributed by atoms with E-state index in [-0.39, 0.29) is 0 Å². The summed E-state index contributed by atoms with van der Waals surface area (Å²) in [5.41, 5.74) is 14.2. The van der Waals surface area contributed by atoms with Crippen molar-refractivity contribution in [2.45, 2.75) is 0 Å². The van der Waals surface area contributed by atoms with Crippen molar-refractivity contribution in [3.63, 3.8) is 0 Å². The average molecular weight is 898 g/mol. The zero-order valence-electron chi connectivity index (χ0n) is 37.2. The van der Waals surface area contributed by atoms with Crippen molar-refractivity contribution < 1.29 is 0 Å². The first-order chi connectivity index (χ1) is 34.2. The van der Waals surface area contributed by atoms with Gasteiger partial charge in [0.25, 0.3) is 0 Å². The van der Waals surface area contributed by atoms with Gasteiger partial charge in [0.15, 0.2) is 11.6 Å². The van der Waals surface area contributed by atoms with Crippen LogP contribution in [0.25, 0.3) is 132 Å². The number of rotatable bonds is 7. The molecule has 14 aromatic rings. The van der Waals surface area contributed by atoms with Gasteiger partial charge in [0, 0.05) is 48.1 Å². The van der Waals surface area contributed by atoms with Crippen LogP contribution in [0.4, 0.5) is 0 Å². The van der Waals surface area contributed by atoms with Gasteiger partial charge in [-0.15, -0.1) is 11.3 Å². The second kappa shape index (κ2) is 15.8. The fourth-order valence-corrected chi connectivity index (χ4v) is 11.6. The van der Waals surface area contributed by atoms with Crippen LogP contribution >= 0.6 is 11.3 Å². The summed E-state index contributed by atoms with van der Waals surface area (Å²) in [5, 5.41) is 7.06. The molecule has 5 nitrogen and oxygen atoms in total. The Kier molecular flexibility index (Phi) is 9.00. The zero-order chi connectivity index (χ0) is 45.4. The highest BCUT2D eigenvalue weighted by Crippen LogP contribution is 2.46. The molecule has 4 heterocycles. The second-order valence-corrected chi connectivity index (χ2v) is 18.6. The fourth-order valence-electron chi connectivity index (χ4n) is 10.4. The summed E-state index contributed by atoms with van der Waals surface area (Å²) >= 11 is 1.86. The van der Waals surface area contributed by atoms with Crippen molar-refractivity contribution in [2.75, 3.05) is 0 Å². The van der Waals surface area contributed by atoms with Crippen LogP contribution in [0.2, 0.25) is 0 Å². The highest BCUT2D eigenvalue weighted by Gasteiger charge is 2.25. The molecule has 0 aliphatic rings. The van der Waals surface area contributed by atoms with Crippen LogP contribution in [-0.2, 0) is 0 Å². The first kappa shape index (κ1) is 39.2. The van der Waals surface area contributed by atoms with E-state index in [0.29, 0.717) is 17.6 Å². The molecular weight excluding hydrogens is 859 g/mol. The van der Waals surface area contributed by atoms with Crippen molar-refractivity contribution in [1.82, 2.24) is 24.1 Å². The van der Waals surface area contributed by atoms with Gasteiger partial charge in [0.05, 0.1) is 32.5 Å². The summed E-state index contributed by atoms with van der Waals surface area (Å²) in [4.78, 5) is 16.1. The summed E-state index contributed by atoms with van der Waals surface area (Å²) in [7, 11) is 0. The molecule has 0 saturated heterocycles. The van der Waals surface area contributed by atoms with Crippen LogP contribution < -0.4 is 0 Å². The van der Waals surface area contributed by atoms with Crippen molar-refractivity contribution in [3.05, 3.63) is 237 Å².